The Kier molecular flexibility index (Phi) is 6.44. The van der Waals surface area contributed by atoms with Crippen LogP contribution >= 0.6 is 0 Å². The van der Waals surface area contributed by atoms with Crippen molar-refractivity contribution in [3.05, 3.63) is 0 Å². The van der Waals surface area contributed by atoms with E-state index in [1.165, 1.54) is 6.92 Å². The van der Waals surface area contributed by atoms with Crippen molar-refractivity contribution in [1.29, 1.82) is 0 Å². The summed E-state index contributed by atoms with van der Waals surface area (Å²) in [5.41, 5.74) is -1.25. The quantitative estimate of drug-likeness (QED) is 0.479. The second kappa shape index (κ2) is 6.75. The van der Waals surface area contributed by atoms with Crippen LogP contribution < -0.4 is 5.32 Å². The summed E-state index contributed by atoms with van der Waals surface area (Å²) in [6, 6.07) is 0. The van der Waals surface area contributed by atoms with Crippen LogP contribution in [0.5, 0.6) is 0 Å². The van der Waals surface area contributed by atoms with Crippen LogP contribution in [-0.4, -0.2) is 48.1 Å². The second-order valence-corrected chi connectivity index (χ2v) is 3.38. The Bertz CT molecular complexity index is 170. The molecule has 5 nitrogen and oxygen atoms in total. The van der Waals surface area contributed by atoms with Gasteiger partial charge in [-0.25, -0.2) is 0 Å². The van der Waals surface area contributed by atoms with Gasteiger partial charge in [0.25, 0.3) is 0 Å². The molecule has 0 radical (unpaired) electrons. The van der Waals surface area contributed by atoms with Crippen LogP contribution in [-0.2, 0) is 9.53 Å². The predicted octanol–water partition coefficient (Wildman–Crippen LogP) is -0.727. The number of rotatable bonds is 7. The molecule has 3 N–H and O–H groups in total. The van der Waals surface area contributed by atoms with E-state index in [1.807, 2.05) is 6.92 Å². The van der Waals surface area contributed by atoms with Gasteiger partial charge in [0.2, 0.25) is 5.91 Å². The van der Waals surface area contributed by atoms with E-state index in [2.05, 4.69) is 5.32 Å². The molecule has 0 saturated heterocycles. The third kappa shape index (κ3) is 6.82. The van der Waals surface area contributed by atoms with Gasteiger partial charge in [0.05, 0.1) is 13.2 Å². The van der Waals surface area contributed by atoms with Crippen molar-refractivity contribution < 1.29 is 19.7 Å². The van der Waals surface area contributed by atoms with Crippen molar-refractivity contribution in [1.82, 2.24) is 5.32 Å². The Morgan fingerprint density at radius 2 is 2.21 bits per heavy atom. The van der Waals surface area contributed by atoms with Crippen molar-refractivity contribution in [2.24, 2.45) is 0 Å². The molecule has 0 heterocycles. The van der Waals surface area contributed by atoms with Crippen LogP contribution in [0, 0.1) is 0 Å². The van der Waals surface area contributed by atoms with Gasteiger partial charge in [-0.2, -0.15) is 0 Å². The van der Waals surface area contributed by atoms with Gasteiger partial charge in [-0.1, -0.05) is 0 Å². The maximum absolute atomic E-state index is 11.1. The Morgan fingerprint density at radius 1 is 1.57 bits per heavy atom. The van der Waals surface area contributed by atoms with Gasteiger partial charge in [0.1, 0.15) is 5.60 Å². The Balaban J connectivity index is 3.53. The molecule has 1 amide bonds. The number of aliphatic hydroxyl groups is 2. The van der Waals surface area contributed by atoms with E-state index in [0.29, 0.717) is 13.2 Å². The smallest absolute Gasteiger partial charge is 0.222 e. The SMILES string of the molecule is CCOCCC(=O)NCC(C)(O)CO. The Hall–Kier alpha value is -0.650. The number of amides is 1. The number of carbonyl (C=O) groups is 1. The summed E-state index contributed by atoms with van der Waals surface area (Å²) in [5, 5.41) is 20.5. The molecule has 0 aliphatic rings. The van der Waals surface area contributed by atoms with Crippen LogP contribution in [0.2, 0.25) is 0 Å². The van der Waals surface area contributed by atoms with Crippen molar-refractivity contribution in [3.8, 4) is 0 Å². The number of aliphatic hydroxyl groups excluding tert-OH is 1. The molecule has 0 aromatic carbocycles. The predicted molar refractivity (Wildman–Crippen MR) is 51.8 cm³/mol. The molecular formula is C9H19NO4. The first-order valence-electron chi connectivity index (χ1n) is 4.69. The normalized spacial score (nSPS) is 14.9. The molecule has 1 atom stereocenters. The monoisotopic (exact) mass is 205 g/mol. The largest absolute Gasteiger partial charge is 0.393 e. The lowest BCUT2D eigenvalue weighted by Crippen LogP contribution is -2.43. The number of hydrogen-bond acceptors (Lipinski definition) is 4. The maximum atomic E-state index is 11.1. The zero-order valence-corrected chi connectivity index (χ0v) is 8.75. The summed E-state index contributed by atoms with van der Waals surface area (Å²) in [5.74, 6) is -0.188. The zero-order chi connectivity index (χ0) is 11.0. The second-order valence-electron chi connectivity index (χ2n) is 3.38. The highest BCUT2D eigenvalue weighted by atomic mass is 16.5. The minimum absolute atomic E-state index is 0.0501. The van der Waals surface area contributed by atoms with Crippen molar-refractivity contribution >= 4 is 5.91 Å². The molecule has 0 aromatic heterocycles. The van der Waals surface area contributed by atoms with Gasteiger partial charge in [0, 0.05) is 19.6 Å². The average Bonchev–Trinajstić information content (AvgIpc) is 2.16. The highest BCUT2D eigenvalue weighted by Gasteiger charge is 2.19. The van der Waals surface area contributed by atoms with Crippen LogP contribution in [0.4, 0.5) is 0 Å². The number of hydrogen-bond donors (Lipinski definition) is 3. The Morgan fingerprint density at radius 3 is 2.71 bits per heavy atom. The lowest BCUT2D eigenvalue weighted by atomic mass is 10.1. The molecule has 0 rings (SSSR count). The highest BCUT2D eigenvalue weighted by molar-refractivity contribution is 5.76. The summed E-state index contributed by atoms with van der Waals surface area (Å²) >= 11 is 0. The average molecular weight is 205 g/mol. The summed E-state index contributed by atoms with van der Waals surface area (Å²) in [6.45, 7) is 3.95. The minimum Gasteiger partial charge on any atom is -0.393 e. The topological polar surface area (TPSA) is 78.8 Å². The first kappa shape index (κ1) is 13.4. The zero-order valence-electron chi connectivity index (χ0n) is 8.75. The van der Waals surface area contributed by atoms with Gasteiger partial charge < -0.3 is 20.3 Å². The molecule has 0 bridgehead atoms. The standard InChI is InChI=1S/C9H19NO4/c1-3-14-5-4-8(12)10-6-9(2,13)7-11/h11,13H,3-7H2,1-2H3,(H,10,12). The maximum Gasteiger partial charge on any atom is 0.222 e. The Labute approximate surface area is 84.1 Å². The summed E-state index contributed by atoms with van der Waals surface area (Å²) in [6.07, 6.45) is 0.273. The summed E-state index contributed by atoms with van der Waals surface area (Å²) in [7, 11) is 0. The van der Waals surface area contributed by atoms with Gasteiger partial charge in [-0.15, -0.1) is 0 Å². The van der Waals surface area contributed by atoms with Crippen molar-refractivity contribution in [2.75, 3.05) is 26.4 Å². The van der Waals surface area contributed by atoms with E-state index in [9.17, 15) is 9.90 Å². The first-order valence-corrected chi connectivity index (χ1v) is 4.69. The lowest BCUT2D eigenvalue weighted by molar-refractivity contribution is -0.123. The van der Waals surface area contributed by atoms with E-state index in [4.69, 9.17) is 9.84 Å². The molecule has 5 heteroatoms. The molecular weight excluding hydrogens is 186 g/mol. The lowest BCUT2D eigenvalue weighted by Gasteiger charge is -2.20. The third-order valence-electron chi connectivity index (χ3n) is 1.68. The van der Waals surface area contributed by atoms with Gasteiger partial charge >= 0.3 is 0 Å². The molecule has 0 aliphatic carbocycles. The molecule has 1 unspecified atom stereocenters. The van der Waals surface area contributed by atoms with Crippen LogP contribution in [0.1, 0.15) is 20.3 Å². The van der Waals surface area contributed by atoms with Crippen LogP contribution in [0.25, 0.3) is 0 Å². The van der Waals surface area contributed by atoms with Crippen molar-refractivity contribution in [2.45, 2.75) is 25.9 Å². The number of nitrogens with one attached hydrogen (secondary N) is 1. The van der Waals surface area contributed by atoms with E-state index in [1.54, 1.807) is 0 Å². The van der Waals surface area contributed by atoms with Gasteiger partial charge in [-0.05, 0) is 13.8 Å². The first-order chi connectivity index (χ1) is 6.52. The molecule has 0 saturated carbocycles. The van der Waals surface area contributed by atoms with E-state index < -0.39 is 5.60 Å². The molecule has 0 fully saturated rings. The minimum atomic E-state index is -1.25. The van der Waals surface area contributed by atoms with Gasteiger partial charge in [-0.3, -0.25) is 4.79 Å². The fraction of sp³-hybridized carbons (Fsp3) is 0.889. The molecule has 14 heavy (non-hydrogen) atoms. The summed E-state index contributed by atoms with van der Waals surface area (Å²) in [4.78, 5) is 11.1. The van der Waals surface area contributed by atoms with E-state index in [0.717, 1.165) is 0 Å². The summed E-state index contributed by atoms with van der Waals surface area (Å²) < 4.78 is 4.99. The molecule has 0 aliphatic heterocycles. The van der Waals surface area contributed by atoms with Crippen molar-refractivity contribution in [3.63, 3.8) is 0 Å². The fourth-order valence-electron chi connectivity index (χ4n) is 0.742. The molecule has 0 spiro atoms. The van der Waals surface area contributed by atoms with E-state index >= 15 is 0 Å². The van der Waals surface area contributed by atoms with Crippen LogP contribution in [0.3, 0.4) is 0 Å². The van der Waals surface area contributed by atoms with E-state index in [-0.39, 0.29) is 25.5 Å². The fourth-order valence-corrected chi connectivity index (χ4v) is 0.742. The number of ether oxygens (including phenoxy) is 1. The van der Waals surface area contributed by atoms with Gasteiger partial charge in [0.15, 0.2) is 0 Å². The molecule has 0 aromatic rings. The highest BCUT2D eigenvalue weighted by Crippen LogP contribution is 1.98. The molecule has 84 valence electrons. The number of carbonyl (C=O) groups excluding carboxylic acids is 1. The van der Waals surface area contributed by atoms with Crippen LogP contribution in [0.15, 0.2) is 0 Å². The third-order valence-corrected chi connectivity index (χ3v) is 1.68.